The second kappa shape index (κ2) is 8.77. The number of alkyl halides is 7. The number of hydrogen-bond acceptors (Lipinski definition) is 2. The molecule has 0 saturated carbocycles. The van der Waals surface area contributed by atoms with E-state index in [2.05, 4.69) is 10.6 Å². The summed E-state index contributed by atoms with van der Waals surface area (Å²) in [7, 11) is 0. The number of anilines is 1. The molecule has 1 rings (SSSR count). The molecule has 0 spiro atoms. The van der Waals surface area contributed by atoms with Crippen LogP contribution in [0, 0.1) is 0 Å². The number of benzene rings is 1. The first kappa shape index (κ1) is 22.3. The molecule has 1 aromatic rings. The van der Waals surface area contributed by atoms with Crippen LogP contribution in [0.15, 0.2) is 18.2 Å². The van der Waals surface area contributed by atoms with E-state index in [0.29, 0.717) is 0 Å². The second-order valence-corrected chi connectivity index (χ2v) is 7.65. The van der Waals surface area contributed by atoms with Crippen molar-refractivity contribution in [2.24, 2.45) is 0 Å². The summed E-state index contributed by atoms with van der Waals surface area (Å²) < 4.78 is 48.3. The SMILES string of the molecule is O=C(CF)NC(NC(=S)Nc1cc(C(F)(F)F)ccc1Cl)C(Cl)(Cl)Cl. The van der Waals surface area contributed by atoms with Crippen LogP contribution in [0.2, 0.25) is 5.02 Å². The molecule has 1 atom stereocenters. The Morgan fingerprint density at radius 2 is 1.80 bits per heavy atom. The first-order chi connectivity index (χ1) is 11.3. The van der Waals surface area contributed by atoms with E-state index in [0.717, 1.165) is 18.2 Å². The maximum Gasteiger partial charge on any atom is 0.416 e. The molecule has 0 heterocycles. The lowest BCUT2D eigenvalue weighted by Crippen LogP contribution is -2.56. The van der Waals surface area contributed by atoms with Gasteiger partial charge in [-0.3, -0.25) is 4.79 Å². The van der Waals surface area contributed by atoms with Crippen molar-refractivity contribution in [2.45, 2.75) is 16.1 Å². The van der Waals surface area contributed by atoms with Gasteiger partial charge in [-0.15, -0.1) is 0 Å². The van der Waals surface area contributed by atoms with E-state index in [9.17, 15) is 22.4 Å². The summed E-state index contributed by atoms with van der Waals surface area (Å²) >= 11 is 27.6. The molecule has 0 saturated heterocycles. The van der Waals surface area contributed by atoms with Crippen LogP contribution in [0.3, 0.4) is 0 Å². The van der Waals surface area contributed by atoms with E-state index < -0.39 is 34.3 Å². The Morgan fingerprint density at radius 3 is 2.28 bits per heavy atom. The number of rotatable bonds is 4. The number of hydrogen-bond donors (Lipinski definition) is 3. The molecule has 0 aliphatic rings. The van der Waals surface area contributed by atoms with Crippen molar-refractivity contribution in [1.82, 2.24) is 10.6 Å². The van der Waals surface area contributed by atoms with Crippen LogP contribution in [-0.2, 0) is 11.0 Å². The van der Waals surface area contributed by atoms with Crippen molar-refractivity contribution >= 4 is 75.3 Å². The first-order valence-corrected chi connectivity index (χ1v) is 8.13. The van der Waals surface area contributed by atoms with Crippen LogP contribution in [0.25, 0.3) is 0 Å². The van der Waals surface area contributed by atoms with Crippen LogP contribution in [-0.4, -0.2) is 27.7 Å². The summed E-state index contributed by atoms with van der Waals surface area (Å²) in [4.78, 5) is 11.1. The van der Waals surface area contributed by atoms with Gasteiger partial charge in [0.25, 0.3) is 5.91 Å². The van der Waals surface area contributed by atoms with Gasteiger partial charge in [0.1, 0.15) is 6.17 Å². The molecule has 1 aromatic carbocycles. The third-order valence-corrected chi connectivity index (χ3v) is 3.78. The van der Waals surface area contributed by atoms with E-state index in [1.807, 2.05) is 5.32 Å². The van der Waals surface area contributed by atoms with Crippen molar-refractivity contribution in [2.75, 3.05) is 12.0 Å². The largest absolute Gasteiger partial charge is 0.416 e. The van der Waals surface area contributed by atoms with E-state index in [1.165, 1.54) is 0 Å². The minimum Gasteiger partial charge on any atom is -0.339 e. The van der Waals surface area contributed by atoms with Crippen LogP contribution < -0.4 is 16.0 Å². The van der Waals surface area contributed by atoms with E-state index in [4.69, 9.17) is 58.6 Å². The summed E-state index contributed by atoms with van der Waals surface area (Å²) in [5, 5.41) is 6.36. The molecule has 13 heteroatoms. The van der Waals surface area contributed by atoms with Gasteiger partial charge in [0.05, 0.1) is 16.3 Å². The van der Waals surface area contributed by atoms with E-state index in [1.54, 1.807) is 0 Å². The molecule has 4 nitrogen and oxygen atoms in total. The predicted octanol–water partition coefficient (Wildman–Crippen LogP) is 4.43. The lowest BCUT2D eigenvalue weighted by atomic mass is 10.2. The van der Waals surface area contributed by atoms with E-state index >= 15 is 0 Å². The predicted molar refractivity (Wildman–Crippen MR) is 94.0 cm³/mol. The van der Waals surface area contributed by atoms with Gasteiger partial charge >= 0.3 is 6.18 Å². The van der Waals surface area contributed by atoms with Crippen LogP contribution in [0.5, 0.6) is 0 Å². The molecule has 0 bridgehead atoms. The molecule has 0 aromatic heterocycles. The fourth-order valence-corrected chi connectivity index (χ4v) is 2.21. The fourth-order valence-electron chi connectivity index (χ4n) is 1.49. The maximum absolute atomic E-state index is 12.7. The Labute approximate surface area is 165 Å². The van der Waals surface area contributed by atoms with Crippen molar-refractivity contribution in [1.29, 1.82) is 0 Å². The minimum absolute atomic E-state index is 0.0598. The molecule has 0 aliphatic carbocycles. The highest BCUT2D eigenvalue weighted by atomic mass is 35.6. The summed E-state index contributed by atoms with van der Waals surface area (Å²) in [6.07, 6.45) is -6.05. The molecular weight excluding hydrogens is 452 g/mol. The summed E-state index contributed by atoms with van der Waals surface area (Å²) in [6.45, 7) is -1.38. The zero-order valence-electron chi connectivity index (χ0n) is 11.9. The van der Waals surface area contributed by atoms with Crippen molar-refractivity contribution in [3.63, 3.8) is 0 Å². The highest BCUT2D eigenvalue weighted by Gasteiger charge is 2.35. The number of carbonyl (C=O) groups excluding carboxylic acids is 1. The average molecular weight is 461 g/mol. The van der Waals surface area contributed by atoms with Gasteiger partial charge in [-0.05, 0) is 30.4 Å². The molecule has 140 valence electrons. The first-order valence-electron chi connectivity index (χ1n) is 6.21. The highest BCUT2D eigenvalue weighted by Crippen LogP contribution is 2.34. The standard InChI is InChI=1S/C12H9Cl4F4N3OS/c13-6-2-1-5(12(18,19)20)3-7(6)21-10(25)23-9(11(14,15)16)22-8(24)4-17/h1-3,9H,4H2,(H,22,24)(H2,21,23,25). The average Bonchev–Trinajstić information content (AvgIpc) is 2.46. The van der Waals surface area contributed by atoms with Crippen molar-refractivity contribution < 1.29 is 22.4 Å². The fraction of sp³-hybridized carbons (Fsp3) is 0.333. The lowest BCUT2D eigenvalue weighted by Gasteiger charge is -2.27. The third kappa shape index (κ3) is 7.18. The van der Waals surface area contributed by atoms with E-state index in [-0.39, 0.29) is 15.8 Å². The molecule has 0 radical (unpaired) electrons. The summed E-state index contributed by atoms with van der Waals surface area (Å²) in [5.41, 5.74) is -1.14. The van der Waals surface area contributed by atoms with Gasteiger partial charge in [0, 0.05) is 0 Å². The van der Waals surface area contributed by atoms with Gasteiger partial charge < -0.3 is 16.0 Å². The number of nitrogens with one attached hydrogen (secondary N) is 3. The highest BCUT2D eigenvalue weighted by molar-refractivity contribution is 7.80. The second-order valence-electron chi connectivity index (χ2n) is 4.47. The Kier molecular flexibility index (Phi) is 7.82. The zero-order chi connectivity index (χ0) is 19.4. The smallest absolute Gasteiger partial charge is 0.339 e. The monoisotopic (exact) mass is 459 g/mol. The molecule has 0 fully saturated rings. The Hall–Kier alpha value is -0.740. The van der Waals surface area contributed by atoms with Gasteiger partial charge in [0.2, 0.25) is 3.79 Å². The molecule has 25 heavy (non-hydrogen) atoms. The molecule has 1 unspecified atom stereocenters. The summed E-state index contributed by atoms with van der Waals surface area (Å²) in [6, 6.07) is 2.53. The zero-order valence-corrected chi connectivity index (χ0v) is 15.7. The molecule has 3 N–H and O–H groups in total. The number of carbonyl (C=O) groups is 1. The van der Waals surface area contributed by atoms with Gasteiger partial charge in [-0.1, -0.05) is 46.4 Å². The molecular formula is C12H9Cl4F4N3OS. The van der Waals surface area contributed by atoms with Gasteiger partial charge in [-0.25, -0.2) is 4.39 Å². The Morgan fingerprint density at radius 1 is 1.20 bits per heavy atom. The quantitative estimate of drug-likeness (QED) is 0.269. The van der Waals surface area contributed by atoms with Crippen LogP contribution in [0.4, 0.5) is 23.2 Å². The maximum atomic E-state index is 12.7. The van der Waals surface area contributed by atoms with Gasteiger partial charge in [0.15, 0.2) is 11.8 Å². The topological polar surface area (TPSA) is 53.2 Å². The Bertz CT molecular complexity index is 654. The third-order valence-electron chi connectivity index (χ3n) is 2.57. The number of amides is 1. The lowest BCUT2D eigenvalue weighted by molar-refractivity contribution is -0.137. The minimum atomic E-state index is -4.59. The molecule has 1 amide bonds. The Balaban J connectivity index is 2.92. The number of halogens is 8. The summed E-state index contributed by atoms with van der Waals surface area (Å²) in [5.74, 6) is -1.09. The van der Waals surface area contributed by atoms with Crippen LogP contribution in [0.1, 0.15) is 5.56 Å². The van der Waals surface area contributed by atoms with Crippen molar-refractivity contribution in [3.8, 4) is 0 Å². The normalized spacial score (nSPS) is 13.1. The molecule has 0 aliphatic heterocycles. The number of thiocarbonyl (C=S) groups is 1. The van der Waals surface area contributed by atoms with Crippen LogP contribution >= 0.6 is 58.6 Å². The van der Waals surface area contributed by atoms with Crippen molar-refractivity contribution in [3.05, 3.63) is 28.8 Å². The van der Waals surface area contributed by atoms with Gasteiger partial charge in [-0.2, -0.15) is 13.2 Å².